The van der Waals surface area contributed by atoms with E-state index in [1.807, 2.05) is 0 Å². The quantitative estimate of drug-likeness (QED) is 0.432. The Morgan fingerprint density at radius 1 is 1.25 bits per heavy atom. The van der Waals surface area contributed by atoms with Crippen molar-refractivity contribution in [2.45, 2.75) is 6.92 Å². The summed E-state index contributed by atoms with van der Waals surface area (Å²) < 4.78 is 11.4. The summed E-state index contributed by atoms with van der Waals surface area (Å²) in [6.07, 6.45) is -0.610. The van der Waals surface area contributed by atoms with E-state index < -0.39 is 6.16 Å². The van der Waals surface area contributed by atoms with Crippen LogP contribution in [0.2, 0.25) is 0 Å². The monoisotopic (exact) mass is 508 g/mol. The Bertz CT molecular complexity index is 186. The first-order chi connectivity index (χ1) is 5.57. The number of carbonyl (C=O) groups excluding carboxylic acids is 1. The Labute approximate surface area is 112 Å². The zero-order valence-corrected chi connectivity index (χ0v) is 12.7. The van der Waals surface area contributed by atoms with Crippen LogP contribution in [0.1, 0.15) is 6.92 Å². The van der Waals surface area contributed by atoms with E-state index in [1.54, 1.807) is 6.92 Å². The lowest BCUT2D eigenvalue weighted by Gasteiger charge is -2.03. The summed E-state index contributed by atoms with van der Waals surface area (Å²) in [4.78, 5) is 10.7. The predicted molar refractivity (Wildman–Crippen MR) is 72.1 cm³/mol. The highest BCUT2D eigenvalue weighted by Gasteiger charge is 2.04. The lowest BCUT2D eigenvalue weighted by molar-refractivity contribution is 0.0671. The molecule has 0 saturated heterocycles. The van der Waals surface area contributed by atoms with Crippen molar-refractivity contribution in [2.75, 3.05) is 13.2 Å². The Balaban J connectivity index is 3.69. The topological polar surface area (TPSA) is 35.5 Å². The van der Waals surface area contributed by atoms with E-state index in [0.29, 0.717) is 13.2 Å². The maximum atomic E-state index is 10.7. The summed E-state index contributed by atoms with van der Waals surface area (Å²) in [6, 6.07) is 0. The standard InChI is InChI=1S/C6H7I3O3/c1-2-11-6(10)12-3-4(7)5(8)9/h2-3H2,1H3. The Hall–Kier alpha value is 1.20. The predicted octanol–water partition coefficient (Wildman–Crippen LogP) is 3.63. The molecule has 12 heavy (non-hydrogen) atoms. The molecule has 3 nitrogen and oxygen atoms in total. The van der Waals surface area contributed by atoms with Crippen molar-refractivity contribution in [3.05, 3.63) is 5.17 Å². The van der Waals surface area contributed by atoms with Crippen molar-refractivity contribution in [1.82, 2.24) is 0 Å². The number of ether oxygens (including phenoxy) is 2. The van der Waals surface area contributed by atoms with Crippen LogP contribution in [0.25, 0.3) is 0 Å². The van der Waals surface area contributed by atoms with Gasteiger partial charge in [-0.3, -0.25) is 0 Å². The van der Waals surface area contributed by atoms with Gasteiger partial charge >= 0.3 is 6.16 Å². The van der Waals surface area contributed by atoms with Gasteiger partial charge in [0, 0.05) is 3.58 Å². The van der Waals surface area contributed by atoms with Crippen LogP contribution in [-0.2, 0) is 9.47 Å². The molecule has 0 amide bonds. The molecule has 0 aromatic heterocycles. The molecule has 0 spiro atoms. The minimum Gasteiger partial charge on any atom is -0.435 e. The first-order valence-electron chi connectivity index (χ1n) is 3.07. The van der Waals surface area contributed by atoms with Crippen molar-refractivity contribution < 1.29 is 14.3 Å². The zero-order chi connectivity index (χ0) is 9.56. The van der Waals surface area contributed by atoms with Crippen LogP contribution in [0.15, 0.2) is 5.17 Å². The van der Waals surface area contributed by atoms with Gasteiger partial charge < -0.3 is 9.47 Å². The van der Waals surface area contributed by atoms with Crippen LogP contribution in [0.4, 0.5) is 4.79 Å². The minimum absolute atomic E-state index is 0.292. The highest BCUT2D eigenvalue weighted by atomic mass is 127. The van der Waals surface area contributed by atoms with Gasteiger partial charge in [-0.25, -0.2) is 4.79 Å². The number of rotatable bonds is 3. The first-order valence-corrected chi connectivity index (χ1v) is 6.30. The fourth-order valence-electron chi connectivity index (χ4n) is 0.336. The molecule has 0 aromatic rings. The molecule has 6 heteroatoms. The summed E-state index contributed by atoms with van der Waals surface area (Å²) in [7, 11) is 0. The molecule has 0 heterocycles. The fourth-order valence-corrected chi connectivity index (χ4v) is 0.803. The van der Waals surface area contributed by atoms with Crippen LogP contribution < -0.4 is 0 Å². The second-order valence-corrected chi connectivity index (χ2v) is 7.16. The molecule has 0 bridgehead atoms. The Kier molecular flexibility index (Phi) is 8.35. The SMILES string of the molecule is CCOC(=O)OCC(I)=C(I)I. The summed E-state index contributed by atoms with van der Waals surface area (Å²) in [6.45, 7) is 2.38. The number of hydrogen-bond acceptors (Lipinski definition) is 3. The molecule has 70 valence electrons. The largest absolute Gasteiger partial charge is 0.508 e. The third-order valence-electron chi connectivity index (χ3n) is 0.784. The number of halogens is 3. The molecule has 0 unspecified atom stereocenters. The highest BCUT2D eigenvalue weighted by molar-refractivity contribution is 14.2. The molecular weight excluding hydrogens is 501 g/mol. The second-order valence-electron chi connectivity index (χ2n) is 1.64. The molecule has 0 radical (unpaired) electrons. The van der Waals surface area contributed by atoms with Crippen molar-refractivity contribution in [3.8, 4) is 0 Å². The van der Waals surface area contributed by atoms with Crippen molar-refractivity contribution in [1.29, 1.82) is 0 Å². The molecule has 0 rings (SSSR count). The molecule has 0 fully saturated rings. The summed E-state index contributed by atoms with van der Waals surface area (Å²) >= 11 is 6.45. The van der Waals surface area contributed by atoms with E-state index in [2.05, 4.69) is 72.5 Å². The lowest BCUT2D eigenvalue weighted by atomic mass is 10.7. The molecule has 0 aliphatic carbocycles. The van der Waals surface area contributed by atoms with Gasteiger partial charge in [-0.2, -0.15) is 0 Å². The van der Waals surface area contributed by atoms with Gasteiger partial charge in [0.05, 0.1) is 8.19 Å². The maximum absolute atomic E-state index is 10.7. The second kappa shape index (κ2) is 7.59. The average Bonchev–Trinajstić information content (AvgIpc) is 2.00. The van der Waals surface area contributed by atoms with Gasteiger partial charge in [-0.1, -0.05) is 0 Å². The van der Waals surface area contributed by atoms with Gasteiger partial charge in [-0.15, -0.1) is 0 Å². The molecule has 0 N–H and O–H groups in total. The van der Waals surface area contributed by atoms with Crippen LogP contribution in [0.5, 0.6) is 0 Å². The molecule has 0 saturated carbocycles. The third-order valence-corrected chi connectivity index (χ3v) is 5.00. The first kappa shape index (κ1) is 13.2. The number of hydrogen-bond donors (Lipinski definition) is 0. The lowest BCUT2D eigenvalue weighted by Crippen LogP contribution is -2.07. The molecule has 0 aromatic carbocycles. The van der Waals surface area contributed by atoms with Crippen molar-refractivity contribution in [3.63, 3.8) is 0 Å². The van der Waals surface area contributed by atoms with E-state index in [4.69, 9.17) is 4.74 Å². The van der Waals surface area contributed by atoms with Crippen LogP contribution in [0.3, 0.4) is 0 Å². The van der Waals surface area contributed by atoms with Gasteiger partial charge in [0.2, 0.25) is 0 Å². The van der Waals surface area contributed by atoms with E-state index in [0.717, 1.165) is 5.17 Å². The fraction of sp³-hybridized carbons (Fsp3) is 0.500. The molecular formula is C6H7I3O3. The Morgan fingerprint density at radius 2 is 1.83 bits per heavy atom. The Morgan fingerprint density at radius 3 is 2.25 bits per heavy atom. The van der Waals surface area contributed by atoms with Crippen LogP contribution in [-0.4, -0.2) is 19.4 Å². The maximum Gasteiger partial charge on any atom is 0.508 e. The van der Waals surface area contributed by atoms with Crippen LogP contribution in [0, 0.1) is 0 Å². The zero-order valence-electron chi connectivity index (χ0n) is 6.27. The number of carbonyl (C=O) groups is 1. The molecule has 0 aliphatic heterocycles. The van der Waals surface area contributed by atoms with Crippen LogP contribution >= 0.6 is 67.8 Å². The normalized spacial score (nSPS) is 9.00. The molecule has 0 aliphatic rings. The summed E-state index contributed by atoms with van der Waals surface area (Å²) in [5.74, 6) is 0. The van der Waals surface area contributed by atoms with E-state index in [-0.39, 0.29) is 0 Å². The van der Waals surface area contributed by atoms with Gasteiger partial charge in [0.15, 0.2) is 0 Å². The van der Waals surface area contributed by atoms with Crippen molar-refractivity contribution in [2.24, 2.45) is 0 Å². The average molecular weight is 508 g/mol. The van der Waals surface area contributed by atoms with E-state index >= 15 is 0 Å². The van der Waals surface area contributed by atoms with Gasteiger partial charge in [0.1, 0.15) is 6.61 Å². The van der Waals surface area contributed by atoms with Gasteiger partial charge in [0.25, 0.3) is 0 Å². The van der Waals surface area contributed by atoms with Gasteiger partial charge in [-0.05, 0) is 74.7 Å². The molecule has 0 atom stereocenters. The summed E-state index contributed by atoms with van der Waals surface area (Å²) in [5, 5.41) is 0. The smallest absolute Gasteiger partial charge is 0.435 e. The van der Waals surface area contributed by atoms with Crippen molar-refractivity contribution >= 4 is 73.9 Å². The van der Waals surface area contributed by atoms with E-state index in [1.165, 1.54) is 0 Å². The highest BCUT2D eigenvalue weighted by Crippen LogP contribution is 2.25. The summed E-state index contributed by atoms with van der Waals surface area (Å²) in [5.41, 5.74) is 0. The van der Waals surface area contributed by atoms with E-state index in [9.17, 15) is 4.79 Å². The third kappa shape index (κ3) is 6.69. The minimum atomic E-state index is -0.610.